The van der Waals surface area contributed by atoms with Crippen LogP contribution in [-0.2, 0) is 29.1 Å². The monoisotopic (exact) mass is 428 g/mol. The Morgan fingerprint density at radius 3 is 2.52 bits per heavy atom. The average Bonchev–Trinajstić information content (AvgIpc) is 2.69. The van der Waals surface area contributed by atoms with Crippen LogP contribution in [0.4, 0.5) is 0 Å². The van der Waals surface area contributed by atoms with Gasteiger partial charge in [-0.25, -0.2) is 18.4 Å². The molecule has 1 N–H and O–H groups in total. The van der Waals surface area contributed by atoms with Crippen LogP contribution in [0.25, 0.3) is 11.4 Å². The molecule has 0 saturated heterocycles. The van der Waals surface area contributed by atoms with E-state index < -0.39 is 9.84 Å². The molecule has 0 spiro atoms. The van der Waals surface area contributed by atoms with Gasteiger partial charge in [0.2, 0.25) is 0 Å². The highest BCUT2D eigenvalue weighted by atomic mass is 35.5. The van der Waals surface area contributed by atoms with E-state index in [2.05, 4.69) is 9.97 Å². The minimum Gasteiger partial charge on any atom is -0.396 e. The molecule has 0 aliphatic carbocycles. The lowest BCUT2D eigenvalue weighted by atomic mass is 10.0. The number of hydrogen-bond donors (Lipinski definition) is 1. The molecule has 29 heavy (non-hydrogen) atoms. The third kappa shape index (κ3) is 4.34. The summed E-state index contributed by atoms with van der Waals surface area (Å²) in [6.45, 7) is 0.0972. The number of benzene rings is 2. The van der Waals surface area contributed by atoms with Crippen LogP contribution in [-0.4, -0.2) is 35.9 Å². The number of aliphatic hydroxyl groups excluding tert-OH is 1. The molecule has 4 rings (SSSR count). The summed E-state index contributed by atoms with van der Waals surface area (Å²) in [5.74, 6) is 0.623. The highest BCUT2D eigenvalue weighted by Crippen LogP contribution is 2.30. The van der Waals surface area contributed by atoms with Crippen molar-refractivity contribution < 1.29 is 13.5 Å². The van der Waals surface area contributed by atoms with Crippen molar-refractivity contribution >= 4 is 21.4 Å². The molecule has 0 bridgehead atoms. The van der Waals surface area contributed by atoms with Crippen LogP contribution in [0, 0.1) is 0 Å². The SMILES string of the molecule is O=S1(=O)CCCc2nc(-c3cccc(Cl)c3)nc(Cc3ccc(CCO)cc3)c21. The van der Waals surface area contributed by atoms with Gasteiger partial charge in [0.05, 0.1) is 17.1 Å². The summed E-state index contributed by atoms with van der Waals surface area (Å²) in [6.07, 6.45) is 2.18. The van der Waals surface area contributed by atoms with Gasteiger partial charge in [0.1, 0.15) is 4.90 Å². The number of hydrogen-bond acceptors (Lipinski definition) is 5. The Labute approximate surface area is 175 Å². The molecule has 1 aliphatic rings. The third-order valence-electron chi connectivity index (χ3n) is 5.02. The van der Waals surface area contributed by atoms with Crippen LogP contribution in [0.15, 0.2) is 53.4 Å². The fourth-order valence-corrected chi connectivity index (χ4v) is 5.53. The Bertz CT molecular complexity index is 1150. The van der Waals surface area contributed by atoms with Crippen LogP contribution in [0.5, 0.6) is 0 Å². The molecule has 0 radical (unpaired) electrons. The summed E-state index contributed by atoms with van der Waals surface area (Å²) >= 11 is 6.12. The molecule has 2 aromatic carbocycles. The number of aromatic nitrogens is 2. The predicted octanol–water partition coefficient (Wildman–Crippen LogP) is 3.64. The lowest BCUT2D eigenvalue weighted by Gasteiger charge is -2.19. The second-order valence-corrected chi connectivity index (χ2v) is 9.65. The average molecular weight is 429 g/mol. The molecular formula is C22H21ClN2O3S. The summed E-state index contributed by atoms with van der Waals surface area (Å²) in [4.78, 5) is 9.53. The molecule has 5 nitrogen and oxygen atoms in total. The molecule has 1 aromatic heterocycles. The lowest BCUT2D eigenvalue weighted by Crippen LogP contribution is -2.21. The molecule has 3 aromatic rings. The van der Waals surface area contributed by atoms with Gasteiger partial charge in [0.25, 0.3) is 0 Å². The van der Waals surface area contributed by atoms with Crippen molar-refractivity contribution in [2.45, 2.75) is 30.6 Å². The number of aryl methyl sites for hydroxylation is 1. The molecular weight excluding hydrogens is 408 g/mol. The zero-order valence-electron chi connectivity index (χ0n) is 15.8. The van der Waals surface area contributed by atoms with Gasteiger partial charge in [0.15, 0.2) is 15.7 Å². The Morgan fingerprint density at radius 2 is 1.79 bits per heavy atom. The van der Waals surface area contributed by atoms with Crippen LogP contribution in [0.2, 0.25) is 5.02 Å². The summed E-state index contributed by atoms with van der Waals surface area (Å²) in [7, 11) is -3.40. The van der Waals surface area contributed by atoms with Crippen molar-refractivity contribution in [1.82, 2.24) is 9.97 Å². The van der Waals surface area contributed by atoms with E-state index >= 15 is 0 Å². The van der Waals surface area contributed by atoms with E-state index in [9.17, 15) is 8.42 Å². The molecule has 0 atom stereocenters. The Hall–Kier alpha value is -2.28. The van der Waals surface area contributed by atoms with E-state index in [4.69, 9.17) is 16.7 Å². The van der Waals surface area contributed by atoms with E-state index in [1.807, 2.05) is 36.4 Å². The molecule has 1 aliphatic heterocycles. The van der Waals surface area contributed by atoms with Gasteiger partial charge in [-0.3, -0.25) is 0 Å². The zero-order chi connectivity index (χ0) is 20.4. The van der Waals surface area contributed by atoms with Gasteiger partial charge in [-0.15, -0.1) is 0 Å². The minimum atomic E-state index is -3.40. The molecule has 0 saturated carbocycles. The summed E-state index contributed by atoms with van der Waals surface area (Å²) in [5, 5.41) is 9.66. The first kappa shape index (κ1) is 20.0. The van der Waals surface area contributed by atoms with E-state index in [0.717, 1.165) is 16.7 Å². The molecule has 0 unspecified atom stereocenters. The van der Waals surface area contributed by atoms with Crippen molar-refractivity contribution in [3.05, 3.63) is 76.1 Å². The summed E-state index contributed by atoms with van der Waals surface area (Å²) in [5.41, 5.74) is 3.88. The standard InChI is InChI=1S/C22H21ClN2O3S/c23-18-4-1-3-17(14-18)22-24-19-5-2-12-29(27,28)21(19)20(25-22)13-16-8-6-15(7-9-16)10-11-26/h1,3-4,6-9,14,26H,2,5,10-13H2. The van der Waals surface area contributed by atoms with Gasteiger partial charge in [0, 0.05) is 23.6 Å². The van der Waals surface area contributed by atoms with E-state index in [0.29, 0.717) is 47.9 Å². The lowest BCUT2D eigenvalue weighted by molar-refractivity contribution is 0.299. The van der Waals surface area contributed by atoms with Crippen molar-refractivity contribution in [3.8, 4) is 11.4 Å². The highest BCUT2D eigenvalue weighted by molar-refractivity contribution is 7.91. The number of rotatable bonds is 5. The number of aliphatic hydroxyl groups is 1. The molecule has 150 valence electrons. The van der Waals surface area contributed by atoms with E-state index in [1.165, 1.54) is 0 Å². The van der Waals surface area contributed by atoms with Crippen molar-refractivity contribution in [1.29, 1.82) is 0 Å². The maximum Gasteiger partial charge on any atom is 0.182 e. The maximum atomic E-state index is 12.8. The minimum absolute atomic E-state index is 0.0972. The van der Waals surface area contributed by atoms with Crippen LogP contribution in [0.3, 0.4) is 0 Å². The first-order valence-electron chi connectivity index (χ1n) is 9.53. The van der Waals surface area contributed by atoms with Gasteiger partial charge in [-0.05, 0) is 42.5 Å². The maximum absolute atomic E-state index is 12.8. The summed E-state index contributed by atoms with van der Waals surface area (Å²) < 4.78 is 25.6. The largest absolute Gasteiger partial charge is 0.396 e. The normalized spacial score (nSPS) is 15.1. The first-order chi connectivity index (χ1) is 14.0. The molecule has 0 amide bonds. The van der Waals surface area contributed by atoms with Crippen LogP contribution >= 0.6 is 11.6 Å². The van der Waals surface area contributed by atoms with Gasteiger partial charge < -0.3 is 5.11 Å². The van der Waals surface area contributed by atoms with Gasteiger partial charge in [-0.1, -0.05) is 48.0 Å². The number of halogens is 1. The molecule has 2 heterocycles. The number of fused-ring (bicyclic) bond motifs is 1. The fraction of sp³-hybridized carbons (Fsp3) is 0.273. The molecule has 7 heteroatoms. The highest BCUT2D eigenvalue weighted by Gasteiger charge is 2.30. The smallest absolute Gasteiger partial charge is 0.182 e. The van der Waals surface area contributed by atoms with Crippen LogP contribution < -0.4 is 0 Å². The van der Waals surface area contributed by atoms with Crippen molar-refractivity contribution in [3.63, 3.8) is 0 Å². The summed E-state index contributed by atoms with van der Waals surface area (Å²) in [6, 6.07) is 15.1. The number of sulfone groups is 1. The second kappa shape index (κ2) is 8.22. The fourth-order valence-electron chi connectivity index (χ4n) is 3.63. The Kier molecular flexibility index (Phi) is 5.67. The first-order valence-corrected chi connectivity index (χ1v) is 11.6. The van der Waals surface area contributed by atoms with Crippen molar-refractivity contribution in [2.75, 3.05) is 12.4 Å². The Balaban J connectivity index is 1.81. The van der Waals surface area contributed by atoms with Crippen LogP contribution in [0.1, 0.15) is 28.9 Å². The van der Waals surface area contributed by atoms with Gasteiger partial charge in [-0.2, -0.15) is 0 Å². The quantitative estimate of drug-likeness (QED) is 0.671. The van der Waals surface area contributed by atoms with Crippen molar-refractivity contribution in [2.24, 2.45) is 0 Å². The van der Waals surface area contributed by atoms with Gasteiger partial charge >= 0.3 is 0 Å². The number of nitrogens with zero attached hydrogens (tertiary/aromatic N) is 2. The van der Waals surface area contributed by atoms with E-state index in [-0.39, 0.29) is 17.3 Å². The molecule has 0 fully saturated rings. The predicted molar refractivity (Wildman–Crippen MR) is 113 cm³/mol. The Morgan fingerprint density at radius 1 is 1.03 bits per heavy atom. The second-order valence-electron chi connectivity index (χ2n) is 7.17. The van der Waals surface area contributed by atoms with E-state index in [1.54, 1.807) is 12.1 Å². The zero-order valence-corrected chi connectivity index (χ0v) is 17.4. The topological polar surface area (TPSA) is 80.2 Å². The third-order valence-corrected chi connectivity index (χ3v) is 7.18.